The Labute approximate surface area is 105 Å². The molecule has 2 rings (SSSR count). The van der Waals surface area contributed by atoms with Gasteiger partial charge in [-0.15, -0.1) is 0 Å². The number of carboxylic acid groups (broad SMARTS) is 3. The van der Waals surface area contributed by atoms with Crippen molar-refractivity contribution in [3.05, 3.63) is 29.5 Å². The number of benzene rings is 1. The van der Waals surface area contributed by atoms with Crippen LogP contribution >= 0.6 is 0 Å². The van der Waals surface area contributed by atoms with Gasteiger partial charge in [0.15, 0.2) is 5.69 Å². The molecule has 8 heteroatoms. The maximum Gasteiger partial charge on any atom is 0.416 e. The smallest absolute Gasteiger partial charge is 0.416 e. The number of fused-ring (bicyclic) bond motifs is 1. The molecule has 0 aliphatic carbocycles. The van der Waals surface area contributed by atoms with E-state index in [9.17, 15) is 14.4 Å². The number of carboxylic acids is 2. The third-order valence-corrected chi connectivity index (χ3v) is 2.65. The van der Waals surface area contributed by atoms with Gasteiger partial charge in [-0.1, -0.05) is 0 Å². The number of carbonyl (C=O) groups is 3. The highest BCUT2D eigenvalue weighted by atomic mass is 16.4. The second kappa shape index (κ2) is 4.02. The van der Waals surface area contributed by atoms with E-state index in [2.05, 4.69) is 0 Å². The topological polar surface area (TPSA) is 143 Å². The van der Waals surface area contributed by atoms with Gasteiger partial charge >= 0.3 is 18.0 Å². The minimum absolute atomic E-state index is 0.0207. The molecule has 1 heterocycles. The van der Waals surface area contributed by atoms with Crippen molar-refractivity contribution in [2.75, 3.05) is 5.73 Å². The van der Waals surface area contributed by atoms with Crippen LogP contribution < -0.4 is 5.73 Å². The maximum absolute atomic E-state index is 11.1. The lowest BCUT2D eigenvalue weighted by Crippen LogP contribution is -2.16. The van der Waals surface area contributed by atoms with Gasteiger partial charge in [0.05, 0.1) is 16.8 Å². The SMILES string of the molecule is Nc1c(C(=O)O)n(C(=O)O)c2ccc(C(=O)O)cc12. The molecule has 1 aromatic carbocycles. The summed E-state index contributed by atoms with van der Waals surface area (Å²) in [4.78, 5) is 33.0. The molecule has 8 nitrogen and oxygen atoms in total. The lowest BCUT2D eigenvalue weighted by Gasteiger charge is -2.01. The van der Waals surface area contributed by atoms with E-state index >= 15 is 0 Å². The molecule has 0 atom stereocenters. The Morgan fingerprint density at radius 3 is 2.16 bits per heavy atom. The second-order valence-electron chi connectivity index (χ2n) is 3.72. The Hall–Kier alpha value is -3.03. The molecule has 0 saturated heterocycles. The fourth-order valence-corrected chi connectivity index (χ4v) is 1.86. The number of nitrogens with two attached hydrogens (primary N) is 1. The van der Waals surface area contributed by atoms with Gasteiger partial charge in [-0.05, 0) is 18.2 Å². The Bertz CT molecular complexity index is 730. The van der Waals surface area contributed by atoms with Crippen molar-refractivity contribution in [2.24, 2.45) is 0 Å². The normalized spacial score (nSPS) is 10.5. The van der Waals surface area contributed by atoms with Crippen molar-refractivity contribution < 1.29 is 29.7 Å². The van der Waals surface area contributed by atoms with Crippen LogP contribution in [-0.4, -0.2) is 37.9 Å². The zero-order valence-electron chi connectivity index (χ0n) is 9.32. The average Bonchev–Trinajstić information content (AvgIpc) is 2.62. The van der Waals surface area contributed by atoms with Gasteiger partial charge in [0, 0.05) is 5.39 Å². The zero-order chi connectivity index (χ0) is 14.3. The molecule has 0 aliphatic rings. The van der Waals surface area contributed by atoms with Gasteiger partial charge in [0.2, 0.25) is 0 Å². The molecule has 2 aromatic rings. The number of aromatic carboxylic acids is 2. The van der Waals surface area contributed by atoms with Gasteiger partial charge in [-0.3, -0.25) is 0 Å². The molecular weight excluding hydrogens is 256 g/mol. The van der Waals surface area contributed by atoms with Gasteiger partial charge in [-0.25, -0.2) is 19.0 Å². The van der Waals surface area contributed by atoms with E-state index in [0.717, 1.165) is 6.07 Å². The van der Waals surface area contributed by atoms with E-state index in [-0.39, 0.29) is 22.2 Å². The van der Waals surface area contributed by atoms with Gasteiger partial charge in [0.1, 0.15) is 0 Å². The van der Waals surface area contributed by atoms with Crippen molar-refractivity contribution in [3.8, 4) is 0 Å². The molecule has 0 saturated carbocycles. The van der Waals surface area contributed by atoms with E-state index in [4.69, 9.17) is 21.1 Å². The van der Waals surface area contributed by atoms with Crippen molar-refractivity contribution >= 4 is 34.6 Å². The van der Waals surface area contributed by atoms with Gasteiger partial charge < -0.3 is 21.1 Å². The number of hydrogen-bond donors (Lipinski definition) is 4. The molecular formula is C11H8N2O6. The van der Waals surface area contributed by atoms with Crippen molar-refractivity contribution in [1.29, 1.82) is 0 Å². The summed E-state index contributed by atoms with van der Waals surface area (Å²) in [5.41, 5.74) is 4.61. The van der Waals surface area contributed by atoms with Crippen LogP contribution in [0.2, 0.25) is 0 Å². The quantitative estimate of drug-likeness (QED) is 0.636. The van der Waals surface area contributed by atoms with E-state index in [0.29, 0.717) is 4.57 Å². The van der Waals surface area contributed by atoms with Crippen LogP contribution in [0.15, 0.2) is 18.2 Å². The number of rotatable bonds is 2. The van der Waals surface area contributed by atoms with Crippen LogP contribution in [0.4, 0.5) is 10.5 Å². The molecule has 0 fully saturated rings. The number of nitrogen functional groups attached to an aromatic ring is 1. The number of hydrogen-bond acceptors (Lipinski definition) is 4. The van der Waals surface area contributed by atoms with Crippen LogP contribution in [0, 0.1) is 0 Å². The summed E-state index contributed by atoms with van der Waals surface area (Å²) in [6.07, 6.45) is -1.51. The first-order chi connectivity index (χ1) is 8.84. The summed E-state index contributed by atoms with van der Waals surface area (Å²) in [5, 5.41) is 26.9. The molecule has 1 aromatic heterocycles. The zero-order valence-corrected chi connectivity index (χ0v) is 9.32. The van der Waals surface area contributed by atoms with Gasteiger partial charge in [-0.2, -0.15) is 0 Å². The highest BCUT2D eigenvalue weighted by Gasteiger charge is 2.24. The highest BCUT2D eigenvalue weighted by Crippen LogP contribution is 2.29. The molecule has 0 aliphatic heterocycles. The summed E-state index contributed by atoms with van der Waals surface area (Å²) < 4.78 is 0.513. The molecule has 0 radical (unpaired) electrons. The Kier molecular flexibility index (Phi) is 2.63. The summed E-state index contributed by atoms with van der Waals surface area (Å²) in [7, 11) is 0. The van der Waals surface area contributed by atoms with Crippen molar-refractivity contribution in [2.45, 2.75) is 0 Å². The predicted molar refractivity (Wildman–Crippen MR) is 63.7 cm³/mol. The van der Waals surface area contributed by atoms with Crippen LogP contribution in [0.5, 0.6) is 0 Å². The van der Waals surface area contributed by atoms with Crippen LogP contribution in [0.3, 0.4) is 0 Å². The first kappa shape index (κ1) is 12.4. The third kappa shape index (κ3) is 1.75. The fraction of sp³-hybridized carbons (Fsp3) is 0. The molecule has 98 valence electrons. The average molecular weight is 264 g/mol. The van der Waals surface area contributed by atoms with Gasteiger partial charge in [0.25, 0.3) is 0 Å². The van der Waals surface area contributed by atoms with Crippen LogP contribution in [-0.2, 0) is 0 Å². The molecule has 0 amide bonds. The molecule has 0 bridgehead atoms. The Morgan fingerprint density at radius 2 is 1.68 bits per heavy atom. The molecule has 0 spiro atoms. The lowest BCUT2D eigenvalue weighted by atomic mass is 10.1. The first-order valence-electron chi connectivity index (χ1n) is 4.98. The van der Waals surface area contributed by atoms with E-state index in [1.165, 1.54) is 12.1 Å². The van der Waals surface area contributed by atoms with Crippen LogP contribution in [0.1, 0.15) is 20.8 Å². The molecule has 19 heavy (non-hydrogen) atoms. The second-order valence-corrected chi connectivity index (χ2v) is 3.72. The minimum Gasteiger partial charge on any atom is -0.478 e. The molecule has 0 unspecified atom stereocenters. The van der Waals surface area contributed by atoms with Crippen molar-refractivity contribution in [1.82, 2.24) is 4.57 Å². The summed E-state index contributed by atoms with van der Waals surface area (Å²) in [5.74, 6) is -2.73. The predicted octanol–water partition coefficient (Wildman–Crippen LogP) is 1.15. The first-order valence-corrected chi connectivity index (χ1v) is 4.98. The minimum atomic E-state index is -1.51. The Balaban J connectivity index is 2.92. The summed E-state index contributed by atoms with van der Waals surface area (Å²) >= 11 is 0. The summed E-state index contributed by atoms with van der Waals surface area (Å²) in [6, 6.07) is 3.52. The Morgan fingerprint density at radius 1 is 1.05 bits per heavy atom. The fourth-order valence-electron chi connectivity index (χ4n) is 1.86. The third-order valence-electron chi connectivity index (χ3n) is 2.65. The largest absolute Gasteiger partial charge is 0.478 e. The van der Waals surface area contributed by atoms with E-state index in [1.54, 1.807) is 0 Å². The van der Waals surface area contributed by atoms with E-state index in [1.807, 2.05) is 0 Å². The van der Waals surface area contributed by atoms with Crippen molar-refractivity contribution in [3.63, 3.8) is 0 Å². The maximum atomic E-state index is 11.1. The number of nitrogens with zero attached hydrogens (tertiary/aromatic N) is 1. The lowest BCUT2D eigenvalue weighted by molar-refractivity contribution is 0.0680. The summed E-state index contributed by atoms with van der Waals surface area (Å²) in [6.45, 7) is 0. The number of aromatic nitrogens is 1. The molecule has 5 N–H and O–H groups in total. The monoisotopic (exact) mass is 264 g/mol. The van der Waals surface area contributed by atoms with Crippen LogP contribution in [0.25, 0.3) is 10.9 Å². The van der Waals surface area contributed by atoms with E-state index < -0.39 is 23.7 Å². The number of anilines is 1. The standard InChI is InChI=1S/C11H8N2O6/c12-7-5-3-4(9(14)15)1-2-6(5)13(11(18)19)8(7)10(16)17/h1-3H,12H2,(H,14,15)(H,16,17)(H,18,19). The highest BCUT2D eigenvalue weighted by molar-refractivity contribution is 6.10.